The van der Waals surface area contributed by atoms with Crippen LogP contribution in [0.25, 0.3) is 0 Å². The molecule has 1 nitrogen and oxygen atoms in total. The summed E-state index contributed by atoms with van der Waals surface area (Å²) >= 11 is 3.80. The highest BCUT2D eigenvalue weighted by Crippen LogP contribution is 2.14. The number of rotatable bonds is 8. The van der Waals surface area contributed by atoms with Crippen LogP contribution in [0.2, 0.25) is 0 Å². The van der Waals surface area contributed by atoms with Crippen LogP contribution in [0.5, 0.6) is 0 Å². The van der Waals surface area contributed by atoms with E-state index < -0.39 is 0 Å². The molecule has 0 aliphatic carbocycles. The first kappa shape index (κ1) is 14.1. The molecular formula is C13H23NS2. The van der Waals surface area contributed by atoms with Gasteiger partial charge >= 0.3 is 0 Å². The molecule has 0 spiro atoms. The quantitative estimate of drug-likeness (QED) is 0.706. The summed E-state index contributed by atoms with van der Waals surface area (Å²) in [4.78, 5) is 0. The zero-order chi connectivity index (χ0) is 11.8. The summed E-state index contributed by atoms with van der Waals surface area (Å²) in [6, 6.07) is 2.87. The minimum atomic E-state index is 0.654. The summed E-state index contributed by atoms with van der Waals surface area (Å²) in [6.45, 7) is 7.97. The van der Waals surface area contributed by atoms with Gasteiger partial charge in [-0.3, -0.25) is 0 Å². The maximum Gasteiger partial charge on any atom is 0.0193 e. The van der Waals surface area contributed by atoms with Crippen LogP contribution < -0.4 is 5.32 Å². The minimum absolute atomic E-state index is 0.654. The van der Waals surface area contributed by atoms with Crippen LogP contribution in [0.4, 0.5) is 0 Å². The molecule has 0 radical (unpaired) electrons. The van der Waals surface area contributed by atoms with Crippen molar-refractivity contribution < 1.29 is 0 Å². The molecule has 0 saturated carbocycles. The molecule has 1 unspecified atom stereocenters. The molecule has 16 heavy (non-hydrogen) atoms. The summed E-state index contributed by atoms with van der Waals surface area (Å²) in [7, 11) is 0. The predicted octanol–water partition coefficient (Wildman–Crippen LogP) is 4.01. The minimum Gasteiger partial charge on any atom is -0.313 e. The van der Waals surface area contributed by atoms with E-state index in [2.05, 4.69) is 42.9 Å². The number of thioether (sulfide) groups is 1. The van der Waals surface area contributed by atoms with Crippen LogP contribution >= 0.6 is 23.1 Å². The molecule has 1 aromatic heterocycles. The molecule has 1 atom stereocenters. The maximum atomic E-state index is 3.58. The Labute approximate surface area is 108 Å². The van der Waals surface area contributed by atoms with E-state index in [-0.39, 0.29) is 0 Å². The van der Waals surface area contributed by atoms with Gasteiger partial charge in [0.2, 0.25) is 0 Å². The molecule has 0 bridgehead atoms. The topological polar surface area (TPSA) is 12.0 Å². The number of thiophene rings is 1. The van der Waals surface area contributed by atoms with E-state index >= 15 is 0 Å². The normalized spacial score (nSPS) is 13.2. The van der Waals surface area contributed by atoms with Gasteiger partial charge in [-0.2, -0.15) is 23.1 Å². The second-order valence-electron chi connectivity index (χ2n) is 4.67. The van der Waals surface area contributed by atoms with Crippen molar-refractivity contribution in [3.8, 4) is 0 Å². The van der Waals surface area contributed by atoms with Gasteiger partial charge in [-0.05, 0) is 41.7 Å². The lowest BCUT2D eigenvalue weighted by molar-refractivity contribution is 0.452. The second-order valence-corrected chi connectivity index (χ2v) is 6.55. The van der Waals surface area contributed by atoms with Gasteiger partial charge in [-0.25, -0.2) is 0 Å². The van der Waals surface area contributed by atoms with Crippen LogP contribution in [0.15, 0.2) is 16.8 Å². The Morgan fingerprint density at radius 1 is 1.38 bits per heavy atom. The number of nitrogens with one attached hydrogen (secondary N) is 1. The van der Waals surface area contributed by atoms with E-state index in [1.165, 1.54) is 17.7 Å². The monoisotopic (exact) mass is 257 g/mol. The van der Waals surface area contributed by atoms with Crippen molar-refractivity contribution in [3.63, 3.8) is 0 Å². The Hall–Kier alpha value is 0.01000. The van der Waals surface area contributed by atoms with Crippen LogP contribution in [0.1, 0.15) is 32.8 Å². The molecule has 1 heterocycles. The highest BCUT2D eigenvalue weighted by atomic mass is 32.2. The summed E-state index contributed by atoms with van der Waals surface area (Å²) in [6.07, 6.45) is 1.27. The first-order valence-electron chi connectivity index (χ1n) is 6.00. The SMILES string of the molecule is CC(C)CC(C)NCCSCc1ccsc1. The molecule has 0 fully saturated rings. The zero-order valence-corrected chi connectivity index (χ0v) is 12.2. The zero-order valence-electron chi connectivity index (χ0n) is 10.5. The van der Waals surface area contributed by atoms with E-state index in [0.29, 0.717) is 6.04 Å². The van der Waals surface area contributed by atoms with E-state index in [0.717, 1.165) is 18.2 Å². The third kappa shape index (κ3) is 6.56. The van der Waals surface area contributed by atoms with E-state index in [9.17, 15) is 0 Å². The third-order valence-corrected chi connectivity index (χ3v) is 4.18. The largest absolute Gasteiger partial charge is 0.313 e. The molecule has 1 aromatic rings. The average Bonchev–Trinajstić information content (AvgIpc) is 2.68. The van der Waals surface area contributed by atoms with Gasteiger partial charge in [0.15, 0.2) is 0 Å². The standard InChI is InChI=1S/C13H23NS2/c1-11(2)8-12(3)14-5-7-16-10-13-4-6-15-9-13/h4,6,9,11-12,14H,5,7-8,10H2,1-3H3. The fourth-order valence-corrected chi connectivity index (χ4v) is 3.33. The smallest absolute Gasteiger partial charge is 0.0193 e. The summed E-state index contributed by atoms with van der Waals surface area (Å²) in [5.41, 5.74) is 1.46. The number of hydrogen-bond acceptors (Lipinski definition) is 3. The third-order valence-electron chi connectivity index (χ3n) is 2.41. The fraction of sp³-hybridized carbons (Fsp3) is 0.692. The van der Waals surface area contributed by atoms with Gasteiger partial charge in [0, 0.05) is 24.1 Å². The molecular weight excluding hydrogens is 234 g/mol. The van der Waals surface area contributed by atoms with E-state index in [1.54, 1.807) is 11.3 Å². The lowest BCUT2D eigenvalue weighted by Gasteiger charge is -2.15. The van der Waals surface area contributed by atoms with Crippen molar-refractivity contribution in [3.05, 3.63) is 22.4 Å². The molecule has 0 amide bonds. The average molecular weight is 257 g/mol. The lowest BCUT2D eigenvalue weighted by Crippen LogP contribution is -2.29. The summed E-state index contributed by atoms with van der Waals surface area (Å²) < 4.78 is 0. The van der Waals surface area contributed by atoms with Crippen molar-refractivity contribution in [1.82, 2.24) is 5.32 Å². The summed E-state index contributed by atoms with van der Waals surface area (Å²) in [5.74, 6) is 3.16. The fourth-order valence-electron chi connectivity index (χ4n) is 1.73. The Kier molecular flexibility index (Phi) is 7.17. The molecule has 1 N–H and O–H groups in total. The van der Waals surface area contributed by atoms with Crippen LogP contribution in [0, 0.1) is 5.92 Å². The molecule has 0 aliphatic rings. The van der Waals surface area contributed by atoms with Gasteiger partial charge < -0.3 is 5.32 Å². The van der Waals surface area contributed by atoms with Gasteiger partial charge in [0.1, 0.15) is 0 Å². The predicted molar refractivity (Wildman–Crippen MR) is 77.4 cm³/mol. The molecule has 0 aliphatic heterocycles. The molecule has 0 aromatic carbocycles. The number of hydrogen-bond donors (Lipinski definition) is 1. The second kappa shape index (κ2) is 8.15. The molecule has 3 heteroatoms. The maximum absolute atomic E-state index is 3.58. The van der Waals surface area contributed by atoms with E-state index in [4.69, 9.17) is 0 Å². The molecule has 92 valence electrons. The first-order chi connectivity index (χ1) is 7.68. The van der Waals surface area contributed by atoms with Crippen molar-refractivity contribution in [2.45, 2.75) is 39.0 Å². The van der Waals surface area contributed by atoms with Crippen molar-refractivity contribution in [2.24, 2.45) is 5.92 Å². The van der Waals surface area contributed by atoms with Crippen molar-refractivity contribution in [1.29, 1.82) is 0 Å². The first-order valence-corrected chi connectivity index (χ1v) is 8.10. The Balaban J connectivity index is 1.95. The van der Waals surface area contributed by atoms with Crippen LogP contribution in [-0.4, -0.2) is 18.3 Å². The highest BCUT2D eigenvalue weighted by Gasteiger charge is 2.03. The highest BCUT2D eigenvalue weighted by molar-refractivity contribution is 7.98. The van der Waals surface area contributed by atoms with Gasteiger partial charge in [-0.1, -0.05) is 13.8 Å². The molecule has 0 saturated heterocycles. The Morgan fingerprint density at radius 2 is 2.19 bits per heavy atom. The van der Waals surface area contributed by atoms with Gasteiger partial charge in [0.25, 0.3) is 0 Å². The van der Waals surface area contributed by atoms with Gasteiger partial charge in [0.05, 0.1) is 0 Å². The summed E-state index contributed by atoms with van der Waals surface area (Å²) in [5, 5.41) is 7.97. The van der Waals surface area contributed by atoms with Gasteiger partial charge in [-0.15, -0.1) is 0 Å². The van der Waals surface area contributed by atoms with Crippen LogP contribution in [-0.2, 0) is 5.75 Å². The Bertz CT molecular complexity index is 257. The van der Waals surface area contributed by atoms with Crippen molar-refractivity contribution in [2.75, 3.05) is 12.3 Å². The molecule has 1 rings (SSSR count). The lowest BCUT2D eigenvalue weighted by atomic mass is 10.1. The Morgan fingerprint density at radius 3 is 2.81 bits per heavy atom. The van der Waals surface area contributed by atoms with Crippen molar-refractivity contribution >= 4 is 23.1 Å². The van der Waals surface area contributed by atoms with E-state index in [1.807, 2.05) is 11.8 Å². The van der Waals surface area contributed by atoms with Crippen LogP contribution in [0.3, 0.4) is 0 Å².